The van der Waals surface area contributed by atoms with Crippen LogP contribution in [0.25, 0.3) is 0 Å². The zero-order chi connectivity index (χ0) is 5.21. The van der Waals surface area contributed by atoms with Crippen molar-refractivity contribution in [1.29, 1.82) is 0 Å². The van der Waals surface area contributed by atoms with Gasteiger partial charge in [0.1, 0.15) is 0 Å². The zero-order valence-electron chi connectivity index (χ0n) is 5.52. The number of halogens is 2. The first-order valence-corrected chi connectivity index (χ1v) is 7.93. The van der Waals surface area contributed by atoms with Gasteiger partial charge in [0, 0.05) is 0 Å². The van der Waals surface area contributed by atoms with Crippen molar-refractivity contribution in [2.24, 2.45) is 0 Å². The van der Waals surface area contributed by atoms with E-state index < -0.39 is 8.07 Å². The third-order valence-corrected chi connectivity index (χ3v) is 10.7. The van der Waals surface area contributed by atoms with Gasteiger partial charge in [-0.15, -0.1) is 24.8 Å². The molecule has 0 aromatic heterocycles. The molecule has 8 heavy (non-hydrogen) atoms. The van der Waals surface area contributed by atoms with E-state index in [0.29, 0.717) is 0 Å². The number of hydrogen-bond acceptors (Lipinski definition) is 0. The van der Waals surface area contributed by atoms with Gasteiger partial charge in [0.15, 0.2) is 0 Å². The minimum Gasteiger partial charge on any atom is -0.147 e. The van der Waals surface area contributed by atoms with E-state index in [2.05, 4.69) is 19.6 Å². The fourth-order valence-electron chi connectivity index (χ4n) is 0. The Morgan fingerprint density at radius 2 is 1.25 bits per heavy atom. The van der Waals surface area contributed by atoms with E-state index in [0.717, 1.165) is 0 Å². The molecule has 0 rings (SSSR count). The molecule has 0 aliphatic heterocycles. The molecule has 0 atom stereocenters. The summed E-state index contributed by atoms with van der Waals surface area (Å²) in [5.41, 5.74) is 0. The van der Waals surface area contributed by atoms with E-state index in [4.69, 9.17) is 0 Å². The van der Waals surface area contributed by atoms with Crippen LogP contribution in [0.15, 0.2) is 0 Å². The predicted molar refractivity (Wildman–Crippen MR) is 48.4 cm³/mol. The normalized spacial score (nSPS) is 9.00. The van der Waals surface area contributed by atoms with Crippen LogP contribution in [0.2, 0.25) is 23.7 Å². The van der Waals surface area contributed by atoms with Crippen molar-refractivity contribution in [3.63, 3.8) is 0 Å². The first-order valence-electron chi connectivity index (χ1n) is 2.21. The zero-order valence-corrected chi connectivity index (χ0v) is 11.0. The SMILES string of the molecule is C[Si](C)(C)[CH2][Sn].Cl.Cl. The third-order valence-electron chi connectivity index (χ3n) is 0.530. The molecule has 4 heteroatoms. The molecular formula is C4H13Cl2SiSn. The van der Waals surface area contributed by atoms with Gasteiger partial charge in [0.25, 0.3) is 0 Å². The first kappa shape index (κ1) is 16.3. The number of rotatable bonds is 1. The molecule has 0 aromatic carbocycles. The quantitative estimate of drug-likeness (QED) is 0.646. The van der Waals surface area contributed by atoms with E-state index in [-0.39, 0.29) is 24.8 Å². The van der Waals surface area contributed by atoms with Gasteiger partial charge in [-0.3, -0.25) is 0 Å². The molecule has 0 nitrogen and oxygen atoms in total. The summed E-state index contributed by atoms with van der Waals surface area (Å²) in [7, 11) is -0.591. The van der Waals surface area contributed by atoms with Crippen molar-refractivity contribution in [1.82, 2.24) is 0 Å². The molecule has 0 N–H and O–H groups in total. The van der Waals surface area contributed by atoms with Crippen LogP contribution in [0.4, 0.5) is 0 Å². The second-order valence-corrected chi connectivity index (χ2v) is 11.2. The van der Waals surface area contributed by atoms with E-state index in [9.17, 15) is 0 Å². The van der Waals surface area contributed by atoms with Gasteiger partial charge in [-0.05, 0) is 0 Å². The summed E-state index contributed by atoms with van der Waals surface area (Å²) in [5.74, 6) is 0. The van der Waals surface area contributed by atoms with Crippen LogP contribution < -0.4 is 0 Å². The fourth-order valence-corrected chi connectivity index (χ4v) is 0. The second kappa shape index (κ2) is 6.71. The molecule has 0 bridgehead atoms. The van der Waals surface area contributed by atoms with Crippen LogP contribution in [0.1, 0.15) is 0 Å². The van der Waals surface area contributed by atoms with Crippen molar-refractivity contribution < 1.29 is 0 Å². The maximum atomic E-state index is 2.40. The largest absolute Gasteiger partial charge is 0.147 e. The van der Waals surface area contributed by atoms with Gasteiger partial charge in [-0.1, -0.05) is 0 Å². The Kier molecular flexibility index (Phi) is 13.7. The average Bonchev–Trinajstić information content (AvgIpc) is 1.35. The Morgan fingerprint density at radius 1 is 1.12 bits per heavy atom. The average molecular weight is 279 g/mol. The molecule has 0 heterocycles. The summed E-state index contributed by atoms with van der Waals surface area (Å²) in [6, 6.07) is 0. The molecule has 0 spiro atoms. The van der Waals surface area contributed by atoms with Crippen LogP contribution >= 0.6 is 24.8 Å². The predicted octanol–water partition coefficient (Wildman–Crippen LogP) is 2.29. The summed E-state index contributed by atoms with van der Waals surface area (Å²) in [4.78, 5) is 0. The Morgan fingerprint density at radius 3 is 1.25 bits per heavy atom. The molecule has 3 radical (unpaired) electrons. The Hall–Kier alpha value is 1.60. The van der Waals surface area contributed by atoms with Crippen molar-refractivity contribution >= 4 is 55.4 Å². The summed E-state index contributed by atoms with van der Waals surface area (Å²) < 4.78 is 1.50. The van der Waals surface area contributed by atoms with Crippen molar-refractivity contribution in [2.75, 3.05) is 0 Å². The van der Waals surface area contributed by atoms with E-state index in [1.54, 1.807) is 22.5 Å². The van der Waals surface area contributed by atoms with Gasteiger partial charge < -0.3 is 0 Å². The summed E-state index contributed by atoms with van der Waals surface area (Å²) in [6.45, 7) is 7.21. The number of hydrogen-bond donors (Lipinski definition) is 0. The van der Waals surface area contributed by atoms with Gasteiger partial charge in [0.2, 0.25) is 0 Å². The molecule has 0 fully saturated rings. The van der Waals surface area contributed by atoms with E-state index >= 15 is 0 Å². The maximum Gasteiger partial charge on any atom is -0.147 e. The minimum absolute atomic E-state index is 0. The van der Waals surface area contributed by atoms with Crippen LogP contribution in [-0.4, -0.2) is 30.6 Å². The molecule has 0 aliphatic carbocycles. The van der Waals surface area contributed by atoms with E-state index in [1.165, 1.54) is 4.06 Å². The molecule has 0 saturated carbocycles. The van der Waals surface area contributed by atoms with Crippen molar-refractivity contribution in [2.45, 2.75) is 23.7 Å². The Bertz CT molecular complexity index is 43.8. The van der Waals surface area contributed by atoms with Gasteiger partial charge in [0.05, 0.1) is 0 Å². The van der Waals surface area contributed by atoms with Gasteiger partial charge >= 0.3 is 54.3 Å². The molecule has 51 valence electrons. The Balaban J connectivity index is -0.000000125. The summed E-state index contributed by atoms with van der Waals surface area (Å²) >= 11 is 1.71. The molecule has 0 aliphatic rings. The van der Waals surface area contributed by atoms with Crippen LogP contribution in [0, 0.1) is 0 Å². The van der Waals surface area contributed by atoms with Crippen LogP contribution in [-0.2, 0) is 0 Å². The third kappa shape index (κ3) is 15.6. The first-order chi connectivity index (χ1) is 2.56. The van der Waals surface area contributed by atoms with E-state index in [1.807, 2.05) is 0 Å². The van der Waals surface area contributed by atoms with Crippen LogP contribution in [0.3, 0.4) is 0 Å². The molecule has 0 saturated heterocycles. The van der Waals surface area contributed by atoms with Crippen LogP contribution in [0.5, 0.6) is 0 Å². The van der Waals surface area contributed by atoms with Crippen molar-refractivity contribution in [3.8, 4) is 0 Å². The second-order valence-electron chi connectivity index (χ2n) is 2.74. The smallest absolute Gasteiger partial charge is 0.147 e. The maximum absolute atomic E-state index is 2.40. The molecule has 0 aromatic rings. The molecule has 0 unspecified atom stereocenters. The topological polar surface area (TPSA) is 0 Å². The van der Waals surface area contributed by atoms with Gasteiger partial charge in [-0.25, -0.2) is 0 Å². The molecular weight excluding hydrogens is 266 g/mol. The summed E-state index contributed by atoms with van der Waals surface area (Å²) in [6.07, 6.45) is 0. The molecule has 0 amide bonds. The fraction of sp³-hybridized carbons (Fsp3) is 1.00. The standard InChI is InChI=1S/C4H11Si.2ClH.Sn/c1-5(2,3)4;;;/h1H2,2-4H3;2*1H;. The van der Waals surface area contributed by atoms with Gasteiger partial charge in [-0.2, -0.15) is 0 Å². The summed E-state index contributed by atoms with van der Waals surface area (Å²) in [5, 5.41) is 0. The monoisotopic (exact) mass is 279 g/mol. The van der Waals surface area contributed by atoms with Crippen molar-refractivity contribution in [3.05, 3.63) is 0 Å². The Labute approximate surface area is 78.7 Å². The minimum atomic E-state index is -0.591.